The summed E-state index contributed by atoms with van der Waals surface area (Å²) < 4.78 is 41.0. The molecule has 1 aromatic carbocycles. The van der Waals surface area contributed by atoms with Crippen LogP contribution in [-0.4, -0.2) is 84.1 Å². The topological polar surface area (TPSA) is 221 Å². The van der Waals surface area contributed by atoms with Gasteiger partial charge in [0.15, 0.2) is 23.2 Å². The number of ketones is 1. The minimum atomic E-state index is -4.92. The van der Waals surface area contributed by atoms with Gasteiger partial charge in [-0.15, -0.1) is 15.6 Å². The van der Waals surface area contributed by atoms with Crippen LogP contribution in [0.2, 0.25) is 0 Å². The number of nitrogens with zero attached hydrogens (tertiary/aromatic N) is 4. The number of ether oxygens (including phenoxy) is 1. The number of rotatable bonds is 13. The second-order valence-electron chi connectivity index (χ2n) is 9.85. The van der Waals surface area contributed by atoms with Crippen LogP contribution < -0.4 is 21.5 Å². The molecule has 0 radical (unpaired) electrons. The fourth-order valence-corrected chi connectivity index (χ4v) is 5.34. The Balaban J connectivity index is 0.00000323. The van der Waals surface area contributed by atoms with E-state index in [1.54, 1.807) is 12.1 Å². The Morgan fingerprint density at radius 2 is 1.93 bits per heavy atom. The number of nitrogens with two attached hydrogens (primary N) is 2. The van der Waals surface area contributed by atoms with E-state index in [0.29, 0.717) is 16.6 Å². The van der Waals surface area contributed by atoms with Crippen molar-refractivity contribution in [2.24, 2.45) is 21.8 Å². The van der Waals surface area contributed by atoms with Gasteiger partial charge in [-0.2, -0.15) is 40.5 Å². The number of anilines is 1. The molecule has 6 N–H and O–H groups in total. The lowest BCUT2D eigenvalue weighted by atomic mass is 9.74. The minimum absolute atomic E-state index is 0. The van der Waals surface area contributed by atoms with Crippen LogP contribution in [-0.2, 0) is 29.1 Å². The Labute approximate surface area is 274 Å². The number of carbonyl (C=O) groups excluding carboxylic acids is 2. The molecule has 2 aromatic rings. The maximum absolute atomic E-state index is 13.1. The van der Waals surface area contributed by atoms with Crippen LogP contribution in [0, 0.1) is 5.92 Å². The lowest BCUT2D eigenvalue weighted by Gasteiger charge is -2.50. The summed E-state index contributed by atoms with van der Waals surface area (Å²) in [5, 5.41) is 9.41. The fourth-order valence-electron chi connectivity index (χ4n) is 4.34. The van der Waals surface area contributed by atoms with Crippen molar-refractivity contribution < 1.29 is 36.4 Å². The molecule has 1 unspecified atom stereocenters. The van der Waals surface area contributed by atoms with Gasteiger partial charge >= 0.3 is 10.4 Å². The molecule has 15 nitrogen and oxygen atoms in total. The third-order valence-corrected chi connectivity index (χ3v) is 7.58. The number of nitrogens with one attached hydrogen (secondary N) is 1. The van der Waals surface area contributed by atoms with Crippen molar-refractivity contribution in [3.63, 3.8) is 0 Å². The predicted molar refractivity (Wildman–Crippen MR) is 177 cm³/mol. The number of thiazole rings is 1. The van der Waals surface area contributed by atoms with E-state index >= 15 is 0 Å². The number of aromatic nitrogens is 1. The number of amides is 1. The van der Waals surface area contributed by atoms with Crippen molar-refractivity contribution in [3.05, 3.63) is 40.9 Å². The van der Waals surface area contributed by atoms with Gasteiger partial charge in [0.1, 0.15) is 23.9 Å². The number of aliphatic imine (C=N–C) groups is 1. The first-order chi connectivity index (χ1) is 19.3. The normalized spacial score (nSPS) is 19.6. The van der Waals surface area contributed by atoms with Gasteiger partial charge in [-0.3, -0.25) is 19.1 Å². The highest BCUT2D eigenvalue weighted by molar-refractivity contribution is 7.80. The maximum Gasteiger partial charge on any atom is 0.418 e. The number of hydrogen-bond acceptors (Lipinski definition) is 13. The molecule has 1 amide bonds. The molecule has 0 bridgehead atoms. The molecule has 2 fully saturated rings. The smallest absolute Gasteiger partial charge is 0.418 e. The summed E-state index contributed by atoms with van der Waals surface area (Å²) in [6.07, 6.45) is 0.609. The van der Waals surface area contributed by atoms with E-state index in [-0.39, 0.29) is 76.6 Å². The number of hydrogen-bond donors (Lipinski definition) is 4. The Morgan fingerprint density at radius 1 is 1.25 bits per heavy atom. The van der Waals surface area contributed by atoms with Gasteiger partial charge < -0.3 is 26.4 Å². The summed E-state index contributed by atoms with van der Waals surface area (Å²) in [5.74, 6) is -1.28. The first-order valence-electron chi connectivity index (χ1n) is 12.6. The molecule has 2 aliphatic rings. The monoisotopic (exact) mass is 693 g/mol. The zero-order chi connectivity index (χ0) is 29.8. The molecule has 0 aliphatic carbocycles. The quantitative estimate of drug-likeness (QED) is 0.0584. The van der Waals surface area contributed by atoms with E-state index in [0.717, 1.165) is 36.4 Å². The molecule has 4 rings (SSSR count). The summed E-state index contributed by atoms with van der Waals surface area (Å²) in [6.45, 7) is 4.82. The van der Waals surface area contributed by atoms with Crippen molar-refractivity contribution in [2.75, 3.05) is 32.0 Å². The SMILES string of the molecule is C.CC1(C)C(CC(=O)/C(=N\OCCOc2ccc(C(N)=N[C@H]3CCNC3)cc2)c2csc(N)n2)C(=O)N1OS(=O)(=O)O.S.S. The highest BCUT2D eigenvalue weighted by Gasteiger charge is 2.57. The molecule has 19 heteroatoms. The van der Waals surface area contributed by atoms with Crippen LogP contribution in [0.1, 0.15) is 45.4 Å². The molecule has 2 atom stereocenters. The Hall–Kier alpha value is -2.94. The van der Waals surface area contributed by atoms with E-state index in [2.05, 4.69) is 24.7 Å². The number of amidine groups is 1. The molecule has 0 spiro atoms. The van der Waals surface area contributed by atoms with Crippen LogP contribution in [0.3, 0.4) is 0 Å². The zero-order valence-corrected chi connectivity index (χ0v) is 27.0. The summed E-state index contributed by atoms with van der Waals surface area (Å²) in [6, 6.07) is 7.31. The lowest BCUT2D eigenvalue weighted by Crippen LogP contribution is -2.68. The van der Waals surface area contributed by atoms with Crippen molar-refractivity contribution in [3.8, 4) is 5.75 Å². The maximum atomic E-state index is 13.1. The van der Waals surface area contributed by atoms with Crippen molar-refractivity contribution in [2.45, 2.75) is 45.7 Å². The molecule has 3 heterocycles. The van der Waals surface area contributed by atoms with Gasteiger partial charge in [0.05, 0.1) is 17.5 Å². The van der Waals surface area contributed by atoms with Gasteiger partial charge in [-0.1, -0.05) is 12.6 Å². The number of oxime groups is 1. The zero-order valence-electron chi connectivity index (χ0n) is 23.3. The van der Waals surface area contributed by atoms with Crippen LogP contribution in [0.5, 0.6) is 5.75 Å². The molecule has 2 aliphatic heterocycles. The van der Waals surface area contributed by atoms with Crippen LogP contribution >= 0.6 is 38.3 Å². The average Bonchev–Trinajstić information content (AvgIpc) is 3.59. The van der Waals surface area contributed by atoms with E-state index < -0.39 is 33.5 Å². The van der Waals surface area contributed by atoms with Gasteiger partial charge in [0.25, 0.3) is 5.91 Å². The highest BCUT2D eigenvalue weighted by atomic mass is 32.3. The van der Waals surface area contributed by atoms with E-state index in [1.165, 1.54) is 19.2 Å². The van der Waals surface area contributed by atoms with Gasteiger partial charge in [-0.05, 0) is 51.1 Å². The molecular weight excluding hydrogens is 655 g/mol. The first kappa shape index (κ1) is 39.1. The van der Waals surface area contributed by atoms with Crippen LogP contribution in [0.4, 0.5) is 5.13 Å². The Bertz CT molecular complexity index is 1440. The lowest BCUT2D eigenvalue weighted by molar-refractivity contribution is -0.228. The number of Topliss-reactive ketones (excluding diaryl/α,β-unsaturated/α-hetero) is 1. The molecule has 1 aromatic heterocycles. The third kappa shape index (κ3) is 9.78. The summed E-state index contributed by atoms with van der Waals surface area (Å²) in [5.41, 5.74) is 11.4. The average molecular weight is 694 g/mol. The van der Waals surface area contributed by atoms with Crippen LogP contribution in [0.15, 0.2) is 39.8 Å². The summed E-state index contributed by atoms with van der Waals surface area (Å²) in [7, 11) is -4.92. The molecular formula is C25H39N7O8S4. The number of hydroxylamine groups is 2. The number of carbonyl (C=O) groups is 2. The number of nitrogen functional groups attached to an aromatic ring is 1. The predicted octanol–water partition coefficient (Wildman–Crippen LogP) is 1.38. The standard InChI is InChI=1S/C24H31N7O8S2.CH4.2H2S/c1-24(2)17(22(33)31(24)39-41(34,35)36)11-19(32)20(18-13-40-23(26)29-18)30-38-10-9-37-16-5-3-14(4-6-16)21(25)28-15-7-8-27-12-15;;;/h3-6,13,15,17,27H,7-12H2,1-2H3,(H2,25,28)(H2,26,29)(H,34,35,36);1H4;2*1H2/b30-20-;;;/t15-,17?;;;/m0.../s1. The number of benzene rings is 1. The minimum Gasteiger partial charge on any atom is -0.490 e. The summed E-state index contributed by atoms with van der Waals surface area (Å²) >= 11 is 1.09. The van der Waals surface area contributed by atoms with Crippen molar-refractivity contribution >= 4 is 77.1 Å². The van der Waals surface area contributed by atoms with Crippen molar-refractivity contribution in [1.82, 2.24) is 15.4 Å². The van der Waals surface area contributed by atoms with E-state index in [4.69, 9.17) is 25.6 Å². The molecule has 2 saturated heterocycles. The number of β-lactam (4-membered cyclic amide) rings is 1. The second-order valence-corrected chi connectivity index (χ2v) is 11.7. The van der Waals surface area contributed by atoms with Gasteiger partial charge in [-0.25, -0.2) is 4.98 Å². The summed E-state index contributed by atoms with van der Waals surface area (Å²) in [4.78, 5) is 39.5. The van der Waals surface area contributed by atoms with E-state index in [1.807, 2.05) is 12.1 Å². The van der Waals surface area contributed by atoms with Crippen molar-refractivity contribution in [1.29, 1.82) is 0 Å². The van der Waals surface area contributed by atoms with E-state index in [9.17, 15) is 18.0 Å². The molecule has 44 heavy (non-hydrogen) atoms. The fraction of sp³-hybridized carbons (Fsp3) is 0.480. The molecule has 246 valence electrons. The Kier molecular flexibility index (Phi) is 14.6. The third-order valence-electron chi connectivity index (χ3n) is 6.57. The Morgan fingerprint density at radius 3 is 2.48 bits per heavy atom. The van der Waals surface area contributed by atoms with Crippen LogP contribution in [0.25, 0.3) is 0 Å². The van der Waals surface area contributed by atoms with Gasteiger partial charge in [0.2, 0.25) is 0 Å². The largest absolute Gasteiger partial charge is 0.490 e. The van der Waals surface area contributed by atoms with Gasteiger partial charge in [0, 0.05) is 23.9 Å². The highest BCUT2D eigenvalue weighted by Crippen LogP contribution is 2.40. The second kappa shape index (κ2) is 16.4. The molecule has 0 saturated carbocycles. The first-order valence-corrected chi connectivity index (χ1v) is 14.8.